The Morgan fingerprint density at radius 3 is 2.33 bits per heavy atom. The molecule has 1 aliphatic heterocycles. The molecule has 104 valence electrons. The van der Waals surface area contributed by atoms with E-state index in [4.69, 9.17) is 4.74 Å². The number of hydrogen-bond acceptors (Lipinski definition) is 2. The Morgan fingerprint density at radius 1 is 1.17 bits per heavy atom. The van der Waals surface area contributed by atoms with Gasteiger partial charge in [0.2, 0.25) is 0 Å². The maximum atomic E-state index is 5.75. The highest BCUT2D eigenvalue weighted by Gasteiger charge is 2.41. The van der Waals surface area contributed by atoms with Crippen LogP contribution in [0, 0.1) is 11.8 Å². The molecule has 0 atom stereocenters. The van der Waals surface area contributed by atoms with Gasteiger partial charge in [-0.1, -0.05) is 41.5 Å². The van der Waals surface area contributed by atoms with E-state index in [1.807, 2.05) is 25.2 Å². The quantitative estimate of drug-likeness (QED) is 0.712. The molecule has 0 spiro atoms. The Hall–Kier alpha value is -0.340. The third-order valence-electron chi connectivity index (χ3n) is 4.20. The fourth-order valence-corrected chi connectivity index (χ4v) is 4.18. The molecule has 0 amide bonds. The first-order chi connectivity index (χ1) is 8.59. The zero-order valence-electron chi connectivity index (χ0n) is 12.7. The van der Waals surface area contributed by atoms with Crippen molar-refractivity contribution < 1.29 is 4.74 Å². The zero-order valence-corrected chi connectivity index (χ0v) is 13.6. The lowest BCUT2D eigenvalue weighted by molar-refractivity contribution is 0.0939. The van der Waals surface area contributed by atoms with Crippen LogP contribution in [0.1, 0.15) is 58.4 Å². The molecule has 2 rings (SSSR count). The average Bonchev–Trinajstić information content (AvgIpc) is 2.72. The van der Waals surface area contributed by atoms with E-state index in [1.54, 1.807) is 5.56 Å². The summed E-state index contributed by atoms with van der Waals surface area (Å²) >= 11 is 1.85. The summed E-state index contributed by atoms with van der Waals surface area (Å²) in [5.74, 6) is 1.34. The minimum Gasteiger partial charge on any atom is -0.376 e. The fourth-order valence-electron chi connectivity index (χ4n) is 3.27. The predicted octanol–water partition coefficient (Wildman–Crippen LogP) is 5.24. The highest BCUT2D eigenvalue weighted by atomic mass is 32.1. The predicted molar refractivity (Wildman–Crippen MR) is 81.3 cm³/mol. The third-order valence-corrected chi connectivity index (χ3v) is 5.10. The number of rotatable bonds is 2. The van der Waals surface area contributed by atoms with E-state index in [2.05, 4.69) is 39.1 Å². The largest absolute Gasteiger partial charge is 0.376 e. The van der Waals surface area contributed by atoms with Gasteiger partial charge in [0, 0.05) is 16.9 Å². The van der Waals surface area contributed by atoms with Crippen LogP contribution in [-0.2, 0) is 16.8 Å². The summed E-state index contributed by atoms with van der Waals surface area (Å²) < 4.78 is 5.75. The number of thiophene rings is 1. The molecule has 0 fully saturated rings. The average molecular weight is 268 g/mol. The molecule has 1 aromatic rings. The van der Waals surface area contributed by atoms with Crippen LogP contribution in [-0.4, -0.2) is 6.61 Å². The van der Waals surface area contributed by atoms with Crippen molar-refractivity contribution in [2.45, 2.75) is 60.0 Å². The minimum absolute atomic E-state index is 0.311. The molecule has 1 aliphatic rings. The Bertz CT molecular complexity index is 344. The van der Waals surface area contributed by atoms with E-state index in [-0.39, 0.29) is 0 Å². The lowest BCUT2D eigenvalue weighted by atomic mass is 9.63. The van der Waals surface area contributed by atoms with E-state index in [0.29, 0.717) is 17.3 Å². The van der Waals surface area contributed by atoms with Gasteiger partial charge in [-0.2, -0.15) is 0 Å². The Kier molecular flexibility index (Phi) is 5.87. The van der Waals surface area contributed by atoms with Crippen molar-refractivity contribution in [3.8, 4) is 0 Å². The van der Waals surface area contributed by atoms with Crippen LogP contribution >= 0.6 is 11.3 Å². The van der Waals surface area contributed by atoms with Crippen molar-refractivity contribution in [1.82, 2.24) is 0 Å². The summed E-state index contributed by atoms with van der Waals surface area (Å²) in [7, 11) is 0. The van der Waals surface area contributed by atoms with Crippen molar-refractivity contribution in [1.29, 1.82) is 0 Å². The van der Waals surface area contributed by atoms with Gasteiger partial charge in [0.1, 0.15) is 0 Å². The maximum absolute atomic E-state index is 5.75. The fraction of sp³-hybridized carbons (Fsp3) is 0.750. The molecule has 0 aliphatic carbocycles. The smallest absolute Gasteiger partial charge is 0.0812 e. The van der Waals surface area contributed by atoms with Crippen molar-refractivity contribution in [3.05, 3.63) is 21.9 Å². The van der Waals surface area contributed by atoms with Crippen LogP contribution in [0.3, 0.4) is 0 Å². The maximum Gasteiger partial charge on any atom is 0.0812 e. The summed E-state index contributed by atoms with van der Waals surface area (Å²) in [6.45, 7) is 15.1. The SMILES string of the molecule is CC.CC(C)C1(C(C)C)CCOCc2sccc21. The van der Waals surface area contributed by atoms with Crippen molar-refractivity contribution in [3.63, 3.8) is 0 Å². The van der Waals surface area contributed by atoms with Crippen LogP contribution in [0.5, 0.6) is 0 Å². The second kappa shape index (κ2) is 6.72. The molecule has 0 aromatic carbocycles. The number of hydrogen-bond donors (Lipinski definition) is 0. The van der Waals surface area contributed by atoms with Crippen molar-refractivity contribution >= 4 is 11.3 Å². The Labute approximate surface area is 117 Å². The highest BCUT2D eigenvalue weighted by Crippen LogP contribution is 2.46. The summed E-state index contributed by atoms with van der Waals surface area (Å²) in [4.78, 5) is 1.44. The van der Waals surface area contributed by atoms with Crippen LogP contribution in [0.2, 0.25) is 0 Å². The number of fused-ring (bicyclic) bond motifs is 1. The van der Waals surface area contributed by atoms with Crippen LogP contribution in [0.25, 0.3) is 0 Å². The van der Waals surface area contributed by atoms with Crippen molar-refractivity contribution in [2.75, 3.05) is 6.61 Å². The highest BCUT2D eigenvalue weighted by molar-refractivity contribution is 7.10. The van der Waals surface area contributed by atoms with E-state index in [1.165, 1.54) is 4.88 Å². The molecule has 18 heavy (non-hydrogen) atoms. The molecule has 0 bridgehead atoms. The number of ether oxygens (including phenoxy) is 1. The zero-order chi connectivity index (χ0) is 13.8. The van der Waals surface area contributed by atoms with Gasteiger partial charge in [-0.3, -0.25) is 0 Å². The first-order valence-corrected chi connectivity index (χ1v) is 8.11. The summed E-state index contributed by atoms with van der Waals surface area (Å²) in [6.07, 6.45) is 1.16. The first-order valence-electron chi connectivity index (χ1n) is 7.23. The Balaban J connectivity index is 0.000000771. The molecule has 1 nitrogen and oxygen atoms in total. The van der Waals surface area contributed by atoms with Crippen LogP contribution in [0.15, 0.2) is 11.4 Å². The summed E-state index contributed by atoms with van der Waals surface area (Å²) in [6, 6.07) is 2.33. The first kappa shape index (κ1) is 15.7. The molecule has 0 saturated heterocycles. The van der Waals surface area contributed by atoms with E-state index >= 15 is 0 Å². The molecular formula is C16H28OS. The van der Waals surface area contributed by atoms with E-state index in [0.717, 1.165) is 19.6 Å². The van der Waals surface area contributed by atoms with Gasteiger partial charge in [0.15, 0.2) is 0 Å². The summed E-state index contributed by atoms with van der Waals surface area (Å²) in [5.41, 5.74) is 1.87. The van der Waals surface area contributed by atoms with Crippen molar-refractivity contribution in [2.24, 2.45) is 11.8 Å². The molecule has 0 N–H and O–H groups in total. The van der Waals surface area contributed by atoms with Crippen LogP contribution in [0.4, 0.5) is 0 Å². The molecule has 0 saturated carbocycles. The van der Waals surface area contributed by atoms with Crippen LogP contribution < -0.4 is 0 Å². The standard InChI is InChI=1S/C14H22OS.C2H6/c1-10(2)14(11(3)4)6-7-15-9-13-12(14)5-8-16-13;1-2/h5,8,10-11H,6-7,9H2,1-4H3;1-2H3. The van der Waals surface area contributed by atoms with Gasteiger partial charge in [0.05, 0.1) is 6.61 Å². The molecule has 0 radical (unpaired) electrons. The lowest BCUT2D eigenvalue weighted by Crippen LogP contribution is -2.38. The lowest BCUT2D eigenvalue weighted by Gasteiger charge is -2.41. The normalized spacial score (nSPS) is 18.0. The molecular weight excluding hydrogens is 240 g/mol. The topological polar surface area (TPSA) is 9.23 Å². The molecule has 0 unspecified atom stereocenters. The van der Waals surface area contributed by atoms with Gasteiger partial charge in [-0.15, -0.1) is 11.3 Å². The van der Waals surface area contributed by atoms with Gasteiger partial charge >= 0.3 is 0 Å². The Morgan fingerprint density at radius 2 is 1.78 bits per heavy atom. The minimum atomic E-state index is 0.311. The molecule has 1 aromatic heterocycles. The third kappa shape index (κ3) is 2.65. The summed E-state index contributed by atoms with van der Waals surface area (Å²) in [5, 5.41) is 2.22. The van der Waals surface area contributed by atoms with Gasteiger partial charge in [-0.25, -0.2) is 0 Å². The van der Waals surface area contributed by atoms with Gasteiger partial charge < -0.3 is 4.74 Å². The van der Waals surface area contributed by atoms with E-state index < -0.39 is 0 Å². The monoisotopic (exact) mass is 268 g/mol. The van der Waals surface area contributed by atoms with Gasteiger partial charge in [-0.05, 0) is 35.3 Å². The second-order valence-electron chi connectivity index (χ2n) is 5.41. The van der Waals surface area contributed by atoms with E-state index in [9.17, 15) is 0 Å². The second-order valence-corrected chi connectivity index (χ2v) is 6.41. The molecule has 2 heterocycles. The molecule has 2 heteroatoms. The van der Waals surface area contributed by atoms with Gasteiger partial charge in [0.25, 0.3) is 0 Å².